The number of halogens is 1. The first-order valence-electron chi connectivity index (χ1n) is 5.23. The number of rotatable bonds is 3. The highest BCUT2D eigenvalue weighted by Gasteiger charge is 2.38. The molecule has 0 radical (unpaired) electrons. The van der Waals surface area contributed by atoms with Crippen molar-refractivity contribution >= 4 is 5.69 Å². The largest absolute Gasteiger partial charge is 0.330 e. The van der Waals surface area contributed by atoms with Gasteiger partial charge in [-0.15, -0.1) is 0 Å². The van der Waals surface area contributed by atoms with Gasteiger partial charge in [-0.2, -0.15) is 4.39 Å². The van der Waals surface area contributed by atoms with Crippen molar-refractivity contribution < 1.29 is 9.31 Å². The van der Waals surface area contributed by atoms with E-state index in [1.54, 1.807) is 6.07 Å². The van der Waals surface area contributed by atoms with Gasteiger partial charge in [0.25, 0.3) is 0 Å². The van der Waals surface area contributed by atoms with Gasteiger partial charge in [0.1, 0.15) is 0 Å². The van der Waals surface area contributed by atoms with Crippen LogP contribution in [0.5, 0.6) is 0 Å². The third-order valence-electron chi connectivity index (χ3n) is 3.46. The van der Waals surface area contributed by atoms with Crippen LogP contribution in [0.2, 0.25) is 0 Å². The minimum Gasteiger partial charge on any atom is -0.330 e. The Labute approximate surface area is 92.4 Å². The summed E-state index contributed by atoms with van der Waals surface area (Å²) in [7, 11) is 0. The predicted molar refractivity (Wildman–Crippen MR) is 57.6 cm³/mol. The standard InChI is InChI=1S/C11H13FN2O2/c12-9-3-2-8(6-10(9)14(15)16)11(7-13)4-1-5-11/h2-3,6H,1,4-5,7,13H2. The van der Waals surface area contributed by atoms with E-state index in [1.165, 1.54) is 6.07 Å². The van der Waals surface area contributed by atoms with Gasteiger partial charge in [0, 0.05) is 18.0 Å². The lowest BCUT2D eigenvalue weighted by atomic mass is 9.64. The number of nitrogens with zero attached hydrogens (tertiary/aromatic N) is 1. The van der Waals surface area contributed by atoms with Crippen LogP contribution < -0.4 is 5.73 Å². The SMILES string of the molecule is NCC1(c2ccc(F)c([N+](=O)[O-])c2)CCC1. The van der Waals surface area contributed by atoms with Crippen molar-refractivity contribution in [2.24, 2.45) is 5.73 Å². The number of benzene rings is 1. The van der Waals surface area contributed by atoms with Gasteiger partial charge in [-0.3, -0.25) is 10.1 Å². The quantitative estimate of drug-likeness (QED) is 0.631. The molecule has 0 aromatic heterocycles. The Kier molecular flexibility index (Phi) is 2.63. The van der Waals surface area contributed by atoms with Gasteiger partial charge in [0.2, 0.25) is 5.82 Å². The molecule has 0 unspecified atom stereocenters. The van der Waals surface area contributed by atoms with Crippen LogP contribution in [-0.4, -0.2) is 11.5 Å². The maximum atomic E-state index is 13.2. The summed E-state index contributed by atoms with van der Waals surface area (Å²) in [6.07, 6.45) is 2.92. The Morgan fingerprint density at radius 2 is 2.19 bits per heavy atom. The molecule has 0 heterocycles. The van der Waals surface area contributed by atoms with E-state index in [-0.39, 0.29) is 5.41 Å². The van der Waals surface area contributed by atoms with Crippen LogP contribution in [0, 0.1) is 15.9 Å². The van der Waals surface area contributed by atoms with Gasteiger partial charge in [0.05, 0.1) is 4.92 Å². The fraction of sp³-hybridized carbons (Fsp3) is 0.455. The summed E-state index contributed by atoms with van der Waals surface area (Å²) in [6.45, 7) is 0.454. The van der Waals surface area contributed by atoms with Crippen molar-refractivity contribution in [1.82, 2.24) is 0 Å². The Morgan fingerprint density at radius 1 is 1.50 bits per heavy atom. The monoisotopic (exact) mass is 224 g/mol. The predicted octanol–water partition coefficient (Wildman–Crippen LogP) is 2.11. The van der Waals surface area contributed by atoms with Crippen LogP contribution in [0.25, 0.3) is 0 Å². The second-order valence-corrected chi connectivity index (χ2v) is 4.26. The van der Waals surface area contributed by atoms with E-state index < -0.39 is 16.4 Å². The third-order valence-corrected chi connectivity index (χ3v) is 3.46. The molecule has 1 saturated carbocycles. The first kappa shape index (κ1) is 11.0. The second kappa shape index (κ2) is 3.83. The lowest BCUT2D eigenvalue weighted by molar-refractivity contribution is -0.387. The molecule has 0 aliphatic heterocycles. The topological polar surface area (TPSA) is 69.2 Å². The molecule has 0 bridgehead atoms. The fourth-order valence-corrected chi connectivity index (χ4v) is 2.20. The van der Waals surface area contributed by atoms with Crippen LogP contribution in [0.15, 0.2) is 18.2 Å². The molecule has 2 N–H and O–H groups in total. The first-order valence-corrected chi connectivity index (χ1v) is 5.23. The molecule has 0 amide bonds. The highest BCUT2D eigenvalue weighted by atomic mass is 19.1. The summed E-state index contributed by atoms with van der Waals surface area (Å²) < 4.78 is 13.2. The molecular formula is C11H13FN2O2. The third kappa shape index (κ3) is 1.57. The van der Waals surface area contributed by atoms with Crippen molar-refractivity contribution in [2.75, 3.05) is 6.54 Å². The van der Waals surface area contributed by atoms with Gasteiger partial charge in [-0.1, -0.05) is 12.5 Å². The van der Waals surface area contributed by atoms with E-state index >= 15 is 0 Å². The lowest BCUT2D eigenvalue weighted by Gasteiger charge is -2.41. The van der Waals surface area contributed by atoms with Crippen molar-refractivity contribution in [2.45, 2.75) is 24.7 Å². The molecule has 2 rings (SSSR count). The van der Waals surface area contributed by atoms with Crippen LogP contribution in [0.3, 0.4) is 0 Å². The van der Waals surface area contributed by atoms with Crippen molar-refractivity contribution in [3.8, 4) is 0 Å². The number of nitro groups is 1. The molecule has 16 heavy (non-hydrogen) atoms. The zero-order valence-electron chi connectivity index (χ0n) is 8.78. The van der Waals surface area contributed by atoms with Crippen molar-refractivity contribution in [3.63, 3.8) is 0 Å². The molecule has 0 atom stereocenters. The maximum absolute atomic E-state index is 13.2. The molecular weight excluding hydrogens is 211 g/mol. The summed E-state index contributed by atoms with van der Waals surface area (Å²) in [5.74, 6) is -0.791. The Balaban J connectivity index is 2.43. The van der Waals surface area contributed by atoms with Gasteiger partial charge in [0.15, 0.2) is 0 Å². The van der Waals surface area contributed by atoms with Crippen molar-refractivity contribution in [3.05, 3.63) is 39.7 Å². The fourth-order valence-electron chi connectivity index (χ4n) is 2.20. The van der Waals surface area contributed by atoms with Crippen LogP contribution >= 0.6 is 0 Å². The minimum absolute atomic E-state index is 0.168. The number of nitro benzene ring substituents is 1. The molecule has 0 saturated heterocycles. The second-order valence-electron chi connectivity index (χ2n) is 4.26. The van der Waals surface area contributed by atoms with E-state index in [2.05, 4.69) is 0 Å². The zero-order valence-corrected chi connectivity index (χ0v) is 8.78. The van der Waals surface area contributed by atoms with Crippen molar-refractivity contribution in [1.29, 1.82) is 0 Å². The molecule has 1 aromatic carbocycles. The van der Waals surface area contributed by atoms with E-state index in [1.807, 2.05) is 0 Å². The van der Waals surface area contributed by atoms with Crippen LogP contribution in [-0.2, 0) is 5.41 Å². The van der Waals surface area contributed by atoms with E-state index in [0.29, 0.717) is 6.54 Å². The highest BCUT2D eigenvalue weighted by Crippen LogP contribution is 2.43. The summed E-state index contributed by atoms with van der Waals surface area (Å²) in [6, 6.07) is 4.08. The van der Waals surface area contributed by atoms with Gasteiger partial charge >= 0.3 is 5.69 Å². The molecule has 86 valence electrons. The van der Waals surface area contributed by atoms with E-state index in [9.17, 15) is 14.5 Å². The average molecular weight is 224 g/mol. The molecule has 0 spiro atoms. The lowest BCUT2D eigenvalue weighted by Crippen LogP contribution is -2.41. The molecule has 1 aliphatic rings. The number of nitrogens with two attached hydrogens (primary N) is 1. The molecule has 1 aromatic rings. The highest BCUT2D eigenvalue weighted by molar-refractivity contribution is 5.41. The summed E-state index contributed by atoms with van der Waals surface area (Å²) >= 11 is 0. The average Bonchev–Trinajstić information content (AvgIpc) is 2.19. The smallest absolute Gasteiger partial charge is 0.305 e. The van der Waals surface area contributed by atoms with Gasteiger partial charge < -0.3 is 5.73 Å². The molecule has 5 heteroatoms. The first-order chi connectivity index (χ1) is 7.59. The summed E-state index contributed by atoms with van der Waals surface area (Å²) in [5, 5.41) is 10.6. The zero-order chi connectivity index (χ0) is 11.8. The Bertz CT molecular complexity index is 424. The Morgan fingerprint density at radius 3 is 2.62 bits per heavy atom. The Hall–Kier alpha value is -1.49. The molecule has 4 nitrogen and oxygen atoms in total. The normalized spacial score (nSPS) is 17.9. The van der Waals surface area contributed by atoms with Gasteiger partial charge in [-0.25, -0.2) is 0 Å². The van der Waals surface area contributed by atoms with E-state index in [0.717, 1.165) is 30.9 Å². The van der Waals surface area contributed by atoms with Crippen LogP contribution in [0.1, 0.15) is 24.8 Å². The molecule has 1 aliphatic carbocycles. The number of hydrogen-bond donors (Lipinski definition) is 1. The minimum atomic E-state index is -0.791. The van der Waals surface area contributed by atoms with Crippen LogP contribution in [0.4, 0.5) is 10.1 Å². The molecule has 1 fully saturated rings. The summed E-state index contributed by atoms with van der Waals surface area (Å²) in [4.78, 5) is 9.94. The number of hydrogen-bond acceptors (Lipinski definition) is 3. The van der Waals surface area contributed by atoms with E-state index in [4.69, 9.17) is 5.73 Å². The van der Waals surface area contributed by atoms with Gasteiger partial charge in [-0.05, 0) is 24.5 Å². The maximum Gasteiger partial charge on any atom is 0.305 e. The summed E-state index contributed by atoms with van der Waals surface area (Å²) in [5.41, 5.74) is 5.86.